The summed E-state index contributed by atoms with van der Waals surface area (Å²) in [7, 11) is 3.13. The highest BCUT2D eigenvalue weighted by atomic mass is 35.5. The topological polar surface area (TPSA) is 83.1 Å². The highest BCUT2D eigenvalue weighted by Crippen LogP contribution is 2.27. The Hall–Kier alpha value is -2.93. The second kappa shape index (κ2) is 11.0. The average Bonchev–Trinajstić information content (AvgIpc) is 2.71. The highest BCUT2D eigenvalue weighted by molar-refractivity contribution is 6.32. The zero-order chi connectivity index (χ0) is 20.4. The molecule has 2 aromatic rings. The molecule has 0 spiro atoms. The molecule has 2 aromatic carbocycles. The minimum absolute atomic E-state index is 0.331. The summed E-state index contributed by atoms with van der Waals surface area (Å²) in [5, 5.41) is 3.08. The second-order valence-corrected chi connectivity index (χ2v) is 6.08. The van der Waals surface area contributed by atoms with Crippen LogP contribution in [0.5, 0.6) is 17.2 Å². The van der Waals surface area contributed by atoms with Crippen molar-refractivity contribution in [3.63, 3.8) is 0 Å². The number of para-hydroxylation sites is 1. The van der Waals surface area contributed by atoms with Crippen LogP contribution in [-0.2, 0) is 20.7 Å². The number of carbonyl (C=O) groups is 2. The number of amides is 1. The Bertz CT molecular complexity index is 811. The maximum Gasteiger partial charge on any atom is 0.344 e. The molecule has 0 saturated carbocycles. The molecular formula is C20H22ClNO6. The highest BCUT2D eigenvalue weighted by Gasteiger charge is 2.10. The van der Waals surface area contributed by atoms with Gasteiger partial charge in [-0.25, -0.2) is 4.79 Å². The van der Waals surface area contributed by atoms with E-state index in [1.807, 2.05) is 12.1 Å². The van der Waals surface area contributed by atoms with Crippen molar-refractivity contribution in [2.24, 2.45) is 0 Å². The summed E-state index contributed by atoms with van der Waals surface area (Å²) in [5.41, 5.74) is 0.975. The van der Waals surface area contributed by atoms with Crippen molar-refractivity contribution in [3.05, 3.63) is 53.1 Å². The van der Waals surface area contributed by atoms with Gasteiger partial charge in [0, 0.05) is 6.54 Å². The number of halogens is 1. The lowest BCUT2D eigenvalue weighted by Crippen LogP contribution is -2.31. The summed E-state index contributed by atoms with van der Waals surface area (Å²) < 4.78 is 20.6. The maximum atomic E-state index is 11.8. The minimum Gasteiger partial charge on any atom is -0.493 e. The van der Waals surface area contributed by atoms with Crippen molar-refractivity contribution >= 4 is 23.5 Å². The van der Waals surface area contributed by atoms with Crippen molar-refractivity contribution in [3.8, 4) is 17.2 Å². The number of ether oxygens (including phenoxy) is 4. The summed E-state index contributed by atoms with van der Waals surface area (Å²) in [6.07, 6.45) is 0.593. The molecule has 0 heterocycles. The van der Waals surface area contributed by atoms with E-state index in [-0.39, 0.29) is 13.2 Å². The van der Waals surface area contributed by atoms with Crippen LogP contribution < -0.4 is 19.5 Å². The van der Waals surface area contributed by atoms with Gasteiger partial charge >= 0.3 is 5.97 Å². The number of esters is 1. The number of methoxy groups -OCH3 is 2. The number of carbonyl (C=O) groups excluding carboxylic acids is 2. The first-order valence-corrected chi connectivity index (χ1v) is 8.92. The molecule has 2 rings (SSSR count). The van der Waals surface area contributed by atoms with E-state index in [0.29, 0.717) is 35.2 Å². The van der Waals surface area contributed by atoms with E-state index in [9.17, 15) is 9.59 Å². The smallest absolute Gasteiger partial charge is 0.344 e. The minimum atomic E-state index is -0.657. The van der Waals surface area contributed by atoms with E-state index in [1.165, 1.54) is 0 Å². The molecule has 150 valence electrons. The molecule has 1 amide bonds. The van der Waals surface area contributed by atoms with Gasteiger partial charge in [0.05, 0.1) is 19.2 Å². The Labute approximate surface area is 168 Å². The summed E-state index contributed by atoms with van der Waals surface area (Å²) in [6.45, 7) is -0.318. The Morgan fingerprint density at radius 3 is 2.43 bits per heavy atom. The first kappa shape index (κ1) is 21.4. The summed E-state index contributed by atoms with van der Waals surface area (Å²) in [4.78, 5) is 23.5. The zero-order valence-electron chi connectivity index (χ0n) is 15.7. The van der Waals surface area contributed by atoms with Crippen LogP contribution in [0.25, 0.3) is 0 Å². The van der Waals surface area contributed by atoms with Crippen LogP contribution in [0.1, 0.15) is 5.56 Å². The third-order valence-corrected chi connectivity index (χ3v) is 4.04. The van der Waals surface area contributed by atoms with E-state index < -0.39 is 11.9 Å². The van der Waals surface area contributed by atoms with E-state index in [0.717, 1.165) is 5.56 Å². The molecule has 0 aliphatic rings. The molecule has 0 aliphatic heterocycles. The molecule has 0 radical (unpaired) electrons. The van der Waals surface area contributed by atoms with Crippen molar-refractivity contribution in [1.82, 2.24) is 5.32 Å². The van der Waals surface area contributed by atoms with E-state index in [4.69, 9.17) is 30.5 Å². The third-order valence-electron chi connectivity index (χ3n) is 3.73. The third kappa shape index (κ3) is 6.66. The fourth-order valence-corrected chi connectivity index (χ4v) is 2.51. The molecular weight excluding hydrogens is 386 g/mol. The standard InChI is InChI=1S/C20H22ClNO6/c1-25-17-8-7-14(11-18(17)26-2)9-10-22-19(23)12-28-20(24)13-27-16-6-4-3-5-15(16)21/h3-8,11H,9-10,12-13H2,1-2H3,(H,22,23). The van der Waals surface area contributed by atoms with Crippen LogP contribution in [-0.4, -0.2) is 45.9 Å². The van der Waals surface area contributed by atoms with E-state index >= 15 is 0 Å². The predicted molar refractivity (Wildman–Crippen MR) is 104 cm³/mol. The first-order valence-electron chi connectivity index (χ1n) is 8.54. The molecule has 0 atom stereocenters. The van der Waals surface area contributed by atoms with Gasteiger partial charge in [0.25, 0.3) is 5.91 Å². The van der Waals surface area contributed by atoms with Gasteiger partial charge in [-0.05, 0) is 36.2 Å². The van der Waals surface area contributed by atoms with Crippen LogP contribution >= 0.6 is 11.6 Å². The quantitative estimate of drug-likeness (QED) is 0.609. The Morgan fingerprint density at radius 2 is 1.71 bits per heavy atom. The summed E-state index contributed by atoms with van der Waals surface area (Å²) in [6, 6.07) is 12.3. The second-order valence-electron chi connectivity index (χ2n) is 5.67. The molecule has 8 heteroatoms. The van der Waals surface area contributed by atoms with Gasteiger partial charge < -0.3 is 24.3 Å². The summed E-state index contributed by atoms with van der Waals surface area (Å²) >= 11 is 5.92. The van der Waals surface area contributed by atoms with Gasteiger partial charge in [-0.1, -0.05) is 29.8 Å². The maximum absolute atomic E-state index is 11.8. The fraction of sp³-hybridized carbons (Fsp3) is 0.300. The van der Waals surface area contributed by atoms with Crippen LogP contribution in [0.15, 0.2) is 42.5 Å². The van der Waals surface area contributed by atoms with Gasteiger partial charge in [0.2, 0.25) is 0 Å². The Kier molecular flexibility index (Phi) is 8.42. The van der Waals surface area contributed by atoms with Crippen molar-refractivity contribution < 1.29 is 28.5 Å². The number of nitrogens with one attached hydrogen (secondary N) is 1. The molecule has 0 aliphatic carbocycles. The van der Waals surface area contributed by atoms with Crippen molar-refractivity contribution in [2.45, 2.75) is 6.42 Å². The molecule has 0 saturated heterocycles. The molecule has 0 unspecified atom stereocenters. The monoisotopic (exact) mass is 407 g/mol. The van der Waals surface area contributed by atoms with E-state index in [1.54, 1.807) is 44.6 Å². The number of hydrogen-bond donors (Lipinski definition) is 1. The van der Waals surface area contributed by atoms with Crippen molar-refractivity contribution in [2.75, 3.05) is 34.0 Å². The number of hydrogen-bond acceptors (Lipinski definition) is 6. The van der Waals surface area contributed by atoms with Crippen LogP contribution in [0.4, 0.5) is 0 Å². The van der Waals surface area contributed by atoms with Crippen LogP contribution in [0, 0.1) is 0 Å². The SMILES string of the molecule is COc1ccc(CCNC(=O)COC(=O)COc2ccccc2Cl)cc1OC. The molecule has 28 heavy (non-hydrogen) atoms. The predicted octanol–water partition coefficient (Wildman–Crippen LogP) is 2.64. The molecule has 7 nitrogen and oxygen atoms in total. The largest absolute Gasteiger partial charge is 0.493 e. The van der Waals surface area contributed by atoms with E-state index in [2.05, 4.69) is 5.32 Å². The normalized spacial score (nSPS) is 10.1. The van der Waals surface area contributed by atoms with Crippen LogP contribution in [0.3, 0.4) is 0 Å². The number of rotatable bonds is 10. The van der Waals surface area contributed by atoms with Gasteiger partial charge in [-0.2, -0.15) is 0 Å². The van der Waals surface area contributed by atoms with Crippen LogP contribution in [0.2, 0.25) is 5.02 Å². The van der Waals surface area contributed by atoms with Gasteiger partial charge in [-0.3, -0.25) is 4.79 Å². The first-order chi connectivity index (χ1) is 13.5. The molecule has 1 N–H and O–H groups in total. The van der Waals surface area contributed by atoms with Gasteiger partial charge in [-0.15, -0.1) is 0 Å². The Balaban J connectivity index is 1.67. The summed E-state index contributed by atoms with van der Waals surface area (Å²) in [5.74, 6) is 0.585. The molecule has 0 bridgehead atoms. The molecule has 0 aromatic heterocycles. The lowest BCUT2D eigenvalue weighted by molar-refractivity contribution is -0.150. The molecule has 0 fully saturated rings. The van der Waals surface area contributed by atoms with Gasteiger partial charge in [0.1, 0.15) is 5.75 Å². The fourth-order valence-electron chi connectivity index (χ4n) is 2.32. The lowest BCUT2D eigenvalue weighted by atomic mass is 10.1. The Morgan fingerprint density at radius 1 is 0.964 bits per heavy atom. The average molecular weight is 408 g/mol. The lowest BCUT2D eigenvalue weighted by Gasteiger charge is -2.10. The van der Waals surface area contributed by atoms with Gasteiger partial charge in [0.15, 0.2) is 24.7 Å². The van der Waals surface area contributed by atoms with Crippen molar-refractivity contribution in [1.29, 1.82) is 0 Å². The number of benzene rings is 2. The zero-order valence-corrected chi connectivity index (χ0v) is 16.5.